The average molecular weight is 663 g/mol. The predicted octanol–water partition coefficient (Wildman–Crippen LogP) is 5.90. The van der Waals surface area contributed by atoms with Crippen LogP contribution in [0.3, 0.4) is 0 Å². The minimum absolute atomic E-state index is 0.0856. The summed E-state index contributed by atoms with van der Waals surface area (Å²) in [5, 5.41) is 2.71. The summed E-state index contributed by atoms with van der Waals surface area (Å²) < 4.78 is 30.4. The number of benzene rings is 4. The summed E-state index contributed by atoms with van der Waals surface area (Å²) in [6, 6.07) is 29.9. The van der Waals surface area contributed by atoms with Crippen LogP contribution < -0.4 is 9.62 Å². The van der Waals surface area contributed by atoms with Gasteiger partial charge in [-0.25, -0.2) is 8.42 Å². The van der Waals surface area contributed by atoms with Crippen LogP contribution in [-0.4, -0.2) is 44.8 Å². The zero-order valence-corrected chi connectivity index (χ0v) is 26.9. The van der Waals surface area contributed by atoms with E-state index in [1.807, 2.05) is 80.6 Å². The second-order valence-corrected chi connectivity index (χ2v) is 13.1. The van der Waals surface area contributed by atoms with E-state index in [4.69, 9.17) is 0 Å². The number of rotatable bonds is 12. The van der Waals surface area contributed by atoms with Gasteiger partial charge in [-0.3, -0.25) is 13.9 Å². The van der Waals surface area contributed by atoms with Crippen molar-refractivity contribution in [2.45, 2.75) is 44.2 Å². The van der Waals surface area contributed by atoms with Crippen LogP contribution >= 0.6 is 15.9 Å². The molecule has 0 heterocycles. The van der Waals surface area contributed by atoms with E-state index in [0.717, 1.165) is 26.7 Å². The molecule has 4 aromatic rings. The smallest absolute Gasteiger partial charge is 0.264 e. The van der Waals surface area contributed by atoms with Crippen molar-refractivity contribution in [3.05, 3.63) is 130 Å². The number of halogens is 1. The third-order valence-electron chi connectivity index (χ3n) is 7.29. The standard InChI is InChI=1S/C34H36BrN3O4S/c1-4-28-14-8-9-16-31(28)38(43(41,42)30-19-17-25(2)18-20-30)24-33(39)37(23-27-13-10-15-29(35)21-27)32(34(40)36-3)22-26-11-6-5-7-12-26/h5-21,32H,4,22-24H2,1-3H3,(H,36,40)/t32-/m0/s1. The molecule has 1 atom stereocenters. The largest absolute Gasteiger partial charge is 0.357 e. The molecule has 2 amide bonds. The Balaban J connectivity index is 1.81. The summed E-state index contributed by atoms with van der Waals surface area (Å²) in [4.78, 5) is 29.4. The lowest BCUT2D eigenvalue weighted by molar-refractivity contribution is -0.139. The second-order valence-electron chi connectivity index (χ2n) is 10.3. The molecular weight excluding hydrogens is 626 g/mol. The molecule has 0 aliphatic rings. The maximum atomic E-state index is 14.4. The van der Waals surface area contributed by atoms with E-state index in [-0.39, 0.29) is 23.8 Å². The molecule has 0 radical (unpaired) electrons. The molecule has 0 fully saturated rings. The number of likely N-dealkylation sites (N-methyl/N-ethyl adjacent to an activating group) is 1. The van der Waals surface area contributed by atoms with Gasteiger partial charge in [0.15, 0.2) is 0 Å². The summed E-state index contributed by atoms with van der Waals surface area (Å²) in [5.74, 6) is -0.833. The first-order chi connectivity index (χ1) is 20.6. The van der Waals surface area contributed by atoms with Gasteiger partial charge in [-0.05, 0) is 60.4 Å². The fourth-order valence-corrected chi connectivity index (χ4v) is 6.86. The van der Waals surface area contributed by atoms with Gasteiger partial charge in [-0.1, -0.05) is 101 Å². The lowest BCUT2D eigenvalue weighted by atomic mass is 10.0. The van der Waals surface area contributed by atoms with Gasteiger partial charge in [-0.2, -0.15) is 0 Å². The van der Waals surface area contributed by atoms with Crippen LogP contribution in [0.5, 0.6) is 0 Å². The molecule has 9 heteroatoms. The third-order valence-corrected chi connectivity index (χ3v) is 9.56. The number of aryl methyl sites for hydroxylation is 2. The molecule has 43 heavy (non-hydrogen) atoms. The molecule has 0 aliphatic carbocycles. The van der Waals surface area contributed by atoms with Crippen molar-refractivity contribution < 1.29 is 18.0 Å². The van der Waals surface area contributed by atoms with Crippen molar-refractivity contribution in [1.82, 2.24) is 10.2 Å². The topological polar surface area (TPSA) is 86.8 Å². The average Bonchev–Trinajstić information content (AvgIpc) is 3.01. The molecule has 0 spiro atoms. The van der Waals surface area contributed by atoms with Gasteiger partial charge in [0.05, 0.1) is 10.6 Å². The van der Waals surface area contributed by atoms with Crippen LogP contribution in [0.1, 0.15) is 29.2 Å². The van der Waals surface area contributed by atoms with Gasteiger partial charge in [0.1, 0.15) is 12.6 Å². The van der Waals surface area contributed by atoms with Gasteiger partial charge in [0.2, 0.25) is 11.8 Å². The third kappa shape index (κ3) is 7.91. The minimum atomic E-state index is -4.14. The van der Waals surface area contributed by atoms with Gasteiger partial charge in [-0.15, -0.1) is 0 Å². The Morgan fingerprint density at radius 3 is 2.16 bits per heavy atom. The van der Waals surface area contributed by atoms with E-state index in [1.54, 1.807) is 36.4 Å². The lowest BCUT2D eigenvalue weighted by Crippen LogP contribution is -2.53. The number of anilines is 1. The van der Waals surface area contributed by atoms with Crippen LogP contribution in [0.25, 0.3) is 0 Å². The highest BCUT2D eigenvalue weighted by atomic mass is 79.9. The van der Waals surface area contributed by atoms with Crippen LogP contribution in [0.2, 0.25) is 0 Å². The van der Waals surface area contributed by atoms with Crippen molar-refractivity contribution in [1.29, 1.82) is 0 Å². The fraction of sp³-hybridized carbons (Fsp3) is 0.235. The Kier molecular flexibility index (Phi) is 10.8. The van der Waals surface area contributed by atoms with Crippen molar-refractivity contribution in [2.75, 3.05) is 17.9 Å². The molecule has 0 saturated carbocycles. The molecule has 4 rings (SSSR count). The minimum Gasteiger partial charge on any atom is -0.357 e. The molecule has 0 unspecified atom stereocenters. The van der Waals surface area contributed by atoms with Crippen LogP contribution in [0, 0.1) is 6.92 Å². The van der Waals surface area contributed by atoms with Crippen LogP contribution in [0.15, 0.2) is 112 Å². The summed E-state index contributed by atoms with van der Waals surface area (Å²) in [7, 11) is -2.61. The van der Waals surface area contributed by atoms with E-state index in [9.17, 15) is 18.0 Å². The SMILES string of the molecule is CCc1ccccc1N(CC(=O)N(Cc1cccc(Br)c1)[C@@H](Cc1ccccc1)C(=O)NC)S(=O)(=O)c1ccc(C)cc1. The van der Waals surface area contributed by atoms with Gasteiger partial charge < -0.3 is 10.2 Å². The van der Waals surface area contributed by atoms with Crippen molar-refractivity contribution in [2.24, 2.45) is 0 Å². The Morgan fingerprint density at radius 1 is 0.860 bits per heavy atom. The number of sulfonamides is 1. The Hall–Kier alpha value is -3.95. The number of hydrogen-bond acceptors (Lipinski definition) is 4. The number of nitrogens with one attached hydrogen (secondary N) is 1. The first-order valence-electron chi connectivity index (χ1n) is 14.1. The first-order valence-corrected chi connectivity index (χ1v) is 16.3. The van der Waals surface area contributed by atoms with Crippen LogP contribution in [-0.2, 0) is 39.0 Å². The van der Waals surface area contributed by atoms with Crippen molar-refractivity contribution >= 4 is 43.5 Å². The second kappa shape index (κ2) is 14.5. The summed E-state index contributed by atoms with van der Waals surface area (Å²) in [5.41, 5.74) is 3.82. The Morgan fingerprint density at radius 2 is 1.51 bits per heavy atom. The number of para-hydroxylation sites is 1. The van der Waals surface area contributed by atoms with E-state index < -0.39 is 28.5 Å². The highest BCUT2D eigenvalue weighted by Gasteiger charge is 2.34. The predicted molar refractivity (Wildman–Crippen MR) is 174 cm³/mol. The molecule has 7 nitrogen and oxygen atoms in total. The van der Waals surface area contributed by atoms with Gasteiger partial charge in [0.25, 0.3) is 10.0 Å². The number of hydrogen-bond donors (Lipinski definition) is 1. The molecule has 0 bridgehead atoms. The summed E-state index contributed by atoms with van der Waals surface area (Å²) in [6.45, 7) is 3.45. The van der Waals surface area contributed by atoms with Crippen molar-refractivity contribution in [3.8, 4) is 0 Å². The normalized spacial score (nSPS) is 11.9. The van der Waals surface area contributed by atoms with E-state index >= 15 is 0 Å². The lowest BCUT2D eigenvalue weighted by Gasteiger charge is -2.34. The highest BCUT2D eigenvalue weighted by molar-refractivity contribution is 9.10. The maximum Gasteiger partial charge on any atom is 0.264 e. The van der Waals surface area contributed by atoms with E-state index in [0.29, 0.717) is 12.1 Å². The van der Waals surface area contributed by atoms with E-state index in [1.165, 1.54) is 16.3 Å². The number of carbonyl (C=O) groups excluding carboxylic acids is 2. The molecule has 4 aromatic carbocycles. The number of carbonyl (C=O) groups is 2. The van der Waals surface area contributed by atoms with Crippen LogP contribution in [0.4, 0.5) is 5.69 Å². The van der Waals surface area contributed by atoms with Gasteiger partial charge >= 0.3 is 0 Å². The number of amides is 2. The van der Waals surface area contributed by atoms with E-state index in [2.05, 4.69) is 21.2 Å². The molecule has 1 N–H and O–H groups in total. The Bertz CT molecular complexity index is 1660. The van der Waals surface area contributed by atoms with Gasteiger partial charge in [0, 0.05) is 24.5 Å². The monoisotopic (exact) mass is 661 g/mol. The molecule has 0 saturated heterocycles. The molecule has 0 aromatic heterocycles. The maximum absolute atomic E-state index is 14.4. The zero-order valence-electron chi connectivity index (χ0n) is 24.5. The zero-order chi connectivity index (χ0) is 31.0. The molecular formula is C34H36BrN3O4S. The highest BCUT2D eigenvalue weighted by Crippen LogP contribution is 2.29. The van der Waals surface area contributed by atoms with Crippen molar-refractivity contribution in [3.63, 3.8) is 0 Å². The summed E-state index contributed by atoms with van der Waals surface area (Å²) >= 11 is 3.50. The first kappa shape index (κ1) is 32.0. The number of nitrogens with zero attached hydrogens (tertiary/aromatic N) is 2. The quantitative estimate of drug-likeness (QED) is 0.205. The summed E-state index contributed by atoms with van der Waals surface area (Å²) in [6.07, 6.45) is 0.831. The fourth-order valence-electron chi connectivity index (χ4n) is 4.96. The Labute approximate surface area is 262 Å². The molecule has 224 valence electrons. The molecule has 0 aliphatic heterocycles.